The first-order chi connectivity index (χ1) is 26.0. The van der Waals surface area contributed by atoms with E-state index in [0.29, 0.717) is 5.89 Å². The van der Waals surface area contributed by atoms with Gasteiger partial charge in [0.2, 0.25) is 5.89 Å². The Kier molecular flexibility index (Phi) is 7.16. The second-order valence-electron chi connectivity index (χ2n) is 14.4. The minimum absolute atomic E-state index is 0.0558. The Morgan fingerprint density at radius 2 is 1.06 bits per heavy atom. The summed E-state index contributed by atoms with van der Waals surface area (Å²) in [5.41, 5.74) is 15.9. The highest BCUT2D eigenvalue weighted by molar-refractivity contribution is 6.11. The van der Waals surface area contributed by atoms with Crippen LogP contribution in [0, 0.1) is 0 Å². The lowest BCUT2D eigenvalue weighted by Gasteiger charge is -2.28. The van der Waals surface area contributed by atoms with Gasteiger partial charge in [-0.05, 0) is 104 Å². The molecule has 0 radical (unpaired) electrons. The van der Waals surface area contributed by atoms with Gasteiger partial charge in [-0.1, -0.05) is 141 Å². The molecule has 252 valence electrons. The molecule has 0 N–H and O–H groups in total. The molecule has 3 nitrogen and oxygen atoms in total. The van der Waals surface area contributed by atoms with Gasteiger partial charge in [-0.3, -0.25) is 0 Å². The van der Waals surface area contributed by atoms with E-state index < -0.39 is 0 Å². The molecule has 10 rings (SSSR count). The number of benzene rings is 8. The molecule has 9 aromatic rings. The Labute approximate surface area is 309 Å². The SMILES string of the molecule is CC1(C)c2ccccc2-c2cc(N(c3ccc(-c4cc5nc(-c6ccccc6)oc5c5ccccc45)cc3)c3cccc(-c4ccccc4)c3)ccc21. The molecule has 0 spiro atoms. The second-order valence-corrected chi connectivity index (χ2v) is 14.4. The maximum absolute atomic E-state index is 6.40. The average molecular weight is 681 g/mol. The molecule has 0 atom stereocenters. The summed E-state index contributed by atoms with van der Waals surface area (Å²) in [6, 6.07) is 65.0. The summed E-state index contributed by atoms with van der Waals surface area (Å²) < 4.78 is 6.40. The average Bonchev–Trinajstić information content (AvgIpc) is 3.75. The van der Waals surface area contributed by atoms with Gasteiger partial charge in [0.15, 0.2) is 5.58 Å². The van der Waals surface area contributed by atoms with Crippen molar-refractivity contribution in [3.8, 4) is 44.8 Å². The maximum atomic E-state index is 6.40. The summed E-state index contributed by atoms with van der Waals surface area (Å²) in [5, 5.41) is 2.19. The van der Waals surface area contributed by atoms with Crippen molar-refractivity contribution < 1.29 is 4.42 Å². The van der Waals surface area contributed by atoms with Crippen LogP contribution in [-0.2, 0) is 5.41 Å². The molecule has 1 aliphatic rings. The van der Waals surface area contributed by atoms with Crippen LogP contribution in [0.3, 0.4) is 0 Å². The number of anilines is 3. The first kappa shape index (κ1) is 31.1. The first-order valence-corrected chi connectivity index (χ1v) is 18.2. The van der Waals surface area contributed by atoms with E-state index in [-0.39, 0.29) is 5.41 Å². The van der Waals surface area contributed by atoms with Crippen molar-refractivity contribution in [2.24, 2.45) is 0 Å². The molecule has 1 aliphatic carbocycles. The van der Waals surface area contributed by atoms with Gasteiger partial charge >= 0.3 is 0 Å². The van der Waals surface area contributed by atoms with Gasteiger partial charge in [0.1, 0.15) is 5.52 Å². The lowest BCUT2D eigenvalue weighted by molar-refractivity contribution is 0.623. The number of oxazole rings is 1. The van der Waals surface area contributed by atoms with Crippen LogP contribution in [0.4, 0.5) is 17.1 Å². The molecule has 3 heteroatoms. The summed E-state index contributed by atoms with van der Waals surface area (Å²) >= 11 is 0. The third-order valence-electron chi connectivity index (χ3n) is 10.9. The van der Waals surface area contributed by atoms with E-state index >= 15 is 0 Å². The van der Waals surface area contributed by atoms with Crippen LogP contribution in [0.2, 0.25) is 0 Å². The van der Waals surface area contributed by atoms with E-state index in [2.05, 4.69) is 170 Å². The molecule has 0 bridgehead atoms. The van der Waals surface area contributed by atoms with E-state index in [1.54, 1.807) is 0 Å². The predicted octanol–water partition coefficient (Wildman–Crippen LogP) is 13.8. The molecule has 0 amide bonds. The molecule has 0 saturated heterocycles. The third-order valence-corrected chi connectivity index (χ3v) is 10.9. The summed E-state index contributed by atoms with van der Waals surface area (Å²) in [7, 11) is 0. The van der Waals surface area contributed by atoms with Crippen molar-refractivity contribution in [1.29, 1.82) is 0 Å². The molecule has 1 aromatic heterocycles. The number of nitrogens with zero attached hydrogens (tertiary/aromatic N) is 2. The van der Waals surface area contributed by atoms with Gasteiger partial charge in [0.05, 0.1) is 0 Å². The van der Waals surface area contributed by atoms with Crippen molar-refractivity contribution in [1.82, 2.24) is 4.98 Å². The maximum Gasteiger partial charge on any atom is 0.227 e. The van der Waals surface area contributed by atoms with Crippen LogP contribution >= 0.6 is 0 Å². The van der Waals surface area contributed by atoms with Crippen LogP contribution in [0.5, 0.6) is 0 Å². The Hall–Kier alpha value is -6.71. The first-order valence-electron chi connectivity index (χ1n) is 18.2. The lowest BCUT2D eigenvalue weighted by Crippen LogP contribution is -2.15. The van der Waals surface area contributed by atoms with E-state index in [1.165, 1.54) is 33.4 Å². The fourth-order valence-electron chi connectivity index (χ4n) is 8.24. The molecular formula is C50H36N2O. The van der Waals surface area contributed by atoms with E-state index in [9.17, 15) is 0 Å². The number of hydrogen-bond donors (Lipinski definition) is 0. The summed E-state index contributed by atoms with van der Waals surface area (Å²) in [5.74, 6) is 0.631. The van der Waals surface area contributed by atoms with Gasteiger partial charge in [-0.15, -0.1) is 0 Å². The normalized spacial score (nSPS) is 12.9. The minimum atomic E-state index is -0.0558. The van der Waals surface area contributed by atoms with Gasteiger partial charge in [0, 0.05) is 33.4 Å². The highest BCUT2D eigenvalue weighted by Gasteiger charge is 2.35. The zero-order valence-corrected chi connectivity index (χ0v) is 29.6. The van der Waals surface area contributed by atoms with Crippen LogP contribution in [-0.4, -0.2) is 4.98 Å². The molecular weight excluding hydrogens is 645 g/mol. The van der Waals surface area contributed by atoms with Crippen molar-refractivity contribution in [2.45, 2.75) is 19.3 Å². The lowest BCUT2D eigenvalue weighted by atomic mass is 9.82. The summed E-state index contributed by atoms with van der Waals surface area (Å²) in [6.45, 7) is 4.67. The molecule has 8 aromatic carbocycles. The van der Waals surface area contributed by atoms with E-state index in [0.717, 1.165) is 55.6 Å². The van der Waals surface area contributed by atoms with Gasteiger partial charge < -0.3 is 9.32 Å². The predicted molar refractivity (Wildman–Crippen MR) is 220 cm³/mol. The zero-order valence-electron chi connectivity index (χ0n) is 29.6. The topological polar surface area (TPSA) is 29.3 Å². The standard InChI is InChI=1S/C50H36N2O/c1-50(2)45-23-12-11-21-41(45)44-31-39(28-29-46(44)50)52(38-19-13-18-36(30-38)33-14-5-3-6-15-33)37-26-24-34(25-27-37)43-32-47-48(42-22-10-9-20-40(42)43)53-49(51-47)35-16-7-4-8-17-35/h3-32H,1-2H3. The van der Waals surface area contributed by atoms with Crippen molar-refractivity contribution in [3.05, 3.63) is 193 Å². The van der Waals surface area contributed by atoms with Crippen molar-refractivity contribution in [3.63, 3.8) is 0 Å². The molecule has 0 unspecified atom stereocenters. The van der Waals surface area contributed by atoms with Crippen molar-refractivity contribution in [2.75, 3.05) is 4.90 Å². The molecule has 1 heterocycles. The Morgan fingerprint density at radius 3 is 1.85 bits per heavy atom. The quantitative estimate of drug-likeness (QED) is 0.175. The highest BCUT2D eigenvalue weighted by Crippen LogP contribution is 2.51. The Morgan fingerprint density at radius 1 is 0.434 bits per heavy atom. The van der Waals surface area contributed by atoms with Crippen LogP contribution < -0.4 is 4.90 Å². The van der Waals surface area contributed by atoms with Gasteiger partial charge in [0.25, 0.3) is 0 Å². The zero-order chi connectivity index (χ0) is 35.5. The summed E-state index contributed by atoms with van der Waals surface area (Å²) in [6.07, 6.45) is 0. The highest BCUT2D eigenvalue weighted by atomic mass is 16.3. The summed E-state index contributed by atoms with van der Waals surface area (Å²) in [4.78, 5) is 7.34. The van der Waals surface area contributed by atoms with Gasteiger partial charge in [-0.25, -0.2) is 4.98 Å². The fourth-order valence-corrected chi connectivity index (χ4v) is 8.24. The minimum Gasteiger partial charge on any atom is -0.435 e. The number of rotatable bonds is 6. The molecule has 53 heavy (non-hydrogen) atoms. The molecule has 0 fully saturated rings. The largest absolute Gasteiger partial charge is 0.435 e. The monoisotopic (exact) mass is 680 g/mol. The van der Waals surface area contributed by atoms with Crippen LogP contribution in [0.25, 0.3) is 66.7 Å². The Balaban J connectivity index is 1.11. The van der Waals surface area contributed by atoms with Crippen molar-refractivity contribution >= 4 is 38.9 Å². The van der Waals surface area contributed by atoms with Crippen LogP contribution in [0.15, 0.2) is 186 Å². The van der Waals surface area contributed by atoms with E-state index in [4.69, 9.17) is 9.40 Å². The smallest absolute Gasteiger partial charge is 0.227 e. The van der Waals surface area contributed by atoms with E-state index in [1.807, 2.05) is 30.3 Å². The fraction of sp³-hybridized carbons (Fsp3) is 0.0600. The number of fused-ring (bicyclic) bond motifs is 6. The molecule has 0 aliphatic heterocycles. The number of aromatic nitrogens is 1. The third kappa shape index (κ3) is 5.16. The second kappa shape index (κ2) is 12.2. The molecule has 0 saturated carbocycles. The van der Waals surface area contributed by atoms with Crippen LogP contribution in [0.1, 0.15) is 25.0 Å². The van der Waals surface area contributed by atoms with Gasteiger partial charge in [-0.2, -0.15) is 0 Å². The number of hydrogen-bond acceptors (Lipinski definition) is 3. The Bertz CT molecular complexity index is 2800.